The number of nitrogens with zero attached hydrogens (tertiary/aromatic N) is 1. The molecule has 3 N–H and O–H groups in total. The van der Waals surface area contributed by atoms with E-state index < -0.39 is 19.9 Å². The van der Waals surface area contributed by atoms with Crippen molar-refractivity contribution in [1.82, 2.24) is 9.71 Å². The molecular formula is C10H17N3O4S2. The van der Waals surface area contributed by atoms with Gasteiger partial charge >= 0.3 is 0 Å². The molecule has 0 aromatic carbocycles. The van der Waals surface area contributed by atoms with E-state index in [1.807, 2.05) is 0 Å². The molecule has 0 atom stereocenters. The number of sulfone groups is 1. The molecule has 0 fully saturated rings. The van der Waals surface area contributed by atoms with Crippen LogP contribution in [0, 0.1) is 0 Å². The van der Waals surface area contributed by atoms with Gasteiger partial charge in [0.25, 0.3) is 0 Å². The summed E-state index contributed by atoms with van der Waals surface area (Å²) in [4.78, 5) is 3.92. The van der Waals surface area contributed by atoms with Gasteiger partial charge in [-0.2, -0.15) is 0 Å². The van der Waals surface area contributed by atoms with E-state index in [-0.39, 0.29) is 30.2 Å². The third-order valence-electron chi connectivity index (χ3n) is 2.30. The minimum absolute atomic E-state index is 0.0315. The molecule has 0 amide bonds. The number of nitrogens with one attached hydrogen (secondary N) is 1. The van der Waals surface area contributed by atoms with Crippen molar-refractivity contribution in [3.05, 3.63) is 24.0 Å². The molecule has 19 heavy (non-hydrogen) atoms. The first-order valence-corrected chi connectivity index (χ1v) is 9.11. The van der Waals surface area contributed by atoms with Gasteiger partial charge in [-0.3, -0.25) is 4.98 Å². The molecule has 9 heteroatoms. The smallest absolute Gasteiger partial charge is 0.242 e. The van der Waals surface area contributed by atoms with Crippen LogP contribution in [0.15, 0.2) is 23.2 Å². The summed E-state index contributed by atoms with van der Waals surface area (Å²) in [5.74, 6) is -0.0557. The Morgan fingerprint density at radius 1 is 1.26 bits per heavy atom. The van der Waals surface area contributed by atoms with Crippen molar-refractivity contribution >= 4 is 19.9 Å². The lowest BCUT2D eigenvalue weighted by Crippen LogP contribution is -2.26. The largest absolute Gasteiger partial charge is 0.325 e. The maximum absolute atomic E-state index is 11.8. The van der Waals surface area contributed by atoms with Gasteiger partial charge in [0.05, 0.1) is 11.4 Å². The first kappa shape index (κ1) is 16.0. The van der Waals surface area contributed by atoms with E-state index in [2.05, 4.69) is 9.71 Å². The van der Waals surface area contributed by atoms with Crippen LogP contribution < -0.4 is 10.5 Å². The topological polar surface area (TPSA) is 119 Å². The van der Waals surface area contributed by atoms with Crippen LogP contribution in [0.25, 0.3) is 0 Å². The molecule has 0 saturated heterocycles. The van der Waals surface area contributed by atoms with Crippen molar-refractivity contribution in [1.29, 1.82) is 0 Å². The number of hydrogen-bond donors (Lipinski definition) is 2. The maximum Gasteiger partial charge on any atom is 0.242 e. The van der Waals surface area contributed by atoms with Crippen molar-refractivity contribution in [2.45, 2.75) is 17.9 Å². The Morgan fingerprint density at radius 2 is 1.95 bits per heavy atom. The van der Waals surface area contributed by atoms with Crippen molar-refractivity contribution in [3.8, 4) is 0 Å². The zero-order valence-corrected chi connectivity index (χ0v) is 12.2. The van der Waals surface area contributed by atoms with Gasteiger partial charge in [0, 0.05) is 25.5 Å². The van der Waals surface area contributed by atoms with Crippen LogP contribution in [0.4, 0.5) is 0 Å². The molecule has 0 aliphatic rings. The molecular weight excluding hydrogens is 290 g/mol. The number of hydrogen-bond acceptors (Lipinski definition) is 6. The van der Waals surface area contributed by atoms with E-state index in [4.69, 9.17) is 5.73 Å². The van der Waals surface area contributed by atoms with Crippen LogP contribution in [0.2, 0.25) is 0 Å². The minimum Gasteiger partial charge on any atom is -0.325 e. The van der Waals surface area contributed by atoms with Gasteiger partial charge < -0.3 is 5.73 Å². The average Bonchev–Trinajstić information content (AvgIpc) is 2.34. The highest BCUT2D eigenvalue weighted by molar-refractivity contribution is 7.90. The van der Waals surface area contributed by atoms with Crippen molar-refractivity contribution in [3.63, 3.8) is 0 Å². The van der Waals surface area contributed by atoms with E-state index in [1.54, 1.807) is 0 Å². The van der Waals surface area contributed by atoms with Crippen LogP contribution >= 0.6 is 0 Å². The Kier molecular flexibility index (Phi) is 5.41. The molecule has 1 aromatic heterocycles. The fraction of sp³-hybridized carbons (Fsp3) is 0.500. The first-order valence-electron chi connectivity index (χ1n) is 5.57. The van der Waals surface area contributed by atoms with Gasteiger partial charge in [0.15, 0.2) is 0 Å². The zero-order valence-electron chi connectivity index (χ0n) is 10.5. The summed E-state index contributed by atoms with van der Waals surface area (Å²) in [6.45, 7) is 0.302. The van der Waals surface area contributed by atoms with Crippen LogP contribution in [0.1, 0.15) is 12.1 Å². The average molecular weight is 307 g/mol. The molecule has 0 saturated carbocycles. The van der Waals surface area contributed by atoms with Gasteiger partial charge in [-0.1, -0.05) is 0 Å². The third-order valence-corrected chi connectivity index (χ3v) is 4.78. The number of aromatic nitrogens is 1. The summed E-state index contributed by atoms with van der Waals surface area (Å²) in [5.41, 5.74) is 5.96. The summed E-state index contributed by atoms with van der Waals surface area (Å²) in [6.07, 6.45) is 2.56. The lowest BCUT2D eigenvalue weighted by Gasteiger charge is -2.06. The van der Waals surface area contributed by atoms with Crippen molar-refractivity contribution in [2.24, 2.45) is 5.73 Å². The molecule has 108 valence electrons. The monoisotopic (exact) mass is 307 g/mol. The Labute approximate surface area is 113 Å². The summed E-state index contributed by atoms with van der Waals surface area (Å²) in [6, 6.07) is 2.94. The van der Waals surface area contributed by atoms with Gasteiger partial charge in [-0.25, -0.2) is 21.6 Å². The third kappa shape index (κ3) is 5.64. The summed E-state index contributed by atoms with van der Waals surface area (Å²) in [7, 11) is -6.73. The van der Waals surface area contributed by atoms with Crippen molar-refractivity contribution < 1.29 is 16.8 Å². The minimum atomic E-state index is -3.65. The van der Waals surface area contributed by atoms with Crippen LogP contribution in [-0.2, 0) is 26.4 Å². The Balaban J connectivity index is 2.60. The SMILES string of the molecule is CS(=O)(=O)CCCNS(=O)(=O)c1ccc(CN)nc1. The van der Waals surface area contributed by atoms with Crippen molar-refractivity contribution in [2.75, 3.05) is 18.6 Å². The predicted molar refractivity (Wildman–Crippen MR) is 71.6 cm³/mol. The molecule has 0 unspecified atom stereocenters. The fourth-order valence-corrected chi connectivity index (χ4v) is 3.00. The Hall–Kier alpha value is -1.03. The van der Waals surface area contributed by atoms with E-state index in [9.17, 15) is 16.8 Å². The number of nitrogens with two attached hydrogens (primary N) is 1. The van der Waals surface area contributed by atoms with E-state index >= 15 is 0 Å². The normalized spacial score (nSPS) is 12.5. The second kappa shape index (κ2) is 6.42. The summed E-state index contributed by atoms with van der Waals surface area (Å²) < 4.78 is 47.8. The number of pyridine rings is 1. The number of sulfonamides is 1. The molecule has 7 nitrogen and oxygen atoms in total. The molecule has 0 spiro atoms. The van der Waals surface area contributed by atoms with Gasteiger partial charge in [0.2, 0.25) is 10.0 Å². The highest BCUT2D eigenvalue weighted by Crippen LogP contribution is 2.07. The van der Waals surface area contributed by atoms with E-state index in [1.165, 1.54) is 18.3 Å². The molecule has 1 aromatic rings. The van der Waals surface area contributed by atoms with Crippen LogP contribution in [-0.4, -0.2) is 40.4 Å². The molecule has 0 radical (unpaired) electrons. The van der Waals surface area contributed by atoms with Gasteiger partial charge in [-0.05, 0) is 18.6 Å². The summed E-state index contributed by atoms with van der Waals surface area (Å²) >= 11 is 0. The molecule has 0 aliphatic carbocycles. The summed E-state index contributed by atoms with van der Waals surface area (Å²) in [5, 5.41) is 0. The number of rotatable bonds is 7. The maximum atomic E-state index is 11.8. The quantitative estimate of drug-likeness (QED) is 0.640. The first-order chi connectivity index (χ1) is 8.74. The lowest BCUT2D eigenvalue weighted by atomic mass is 10.4. The van der Waals surface area contributed by atoms with Gasteiger partial charge in [0.1, 0.15) is 14.7 Å². The lowest BCUT2D eigenvalue weighted by molar-refractivity contribution is 0.577. The molecule has 1 heterocycles. The van der Waals surface area contributed by atoms with Crippen LogP contribution in [0.5, 0.6) is 0 Å². The fourth-order valence-electron chi connectivity index (χ4n) is 1.31. The molecule has 0 bridgehead atoms. The Bertz CT molecular complexity index is 609. The highest BCUT2D eigenvalue weighted by Gasteiger charge is 2.14. The van der Waals surface area contributed by atoms with Gasteiger partial charge in [-0.15, -0.1) is 0 Å². The highest BCUT2D eigenvalue weighted by atomic mass is 32.2. The standard InChI is InChI=1S/C10H17N3O4S2/c1-18(14,15)6-2-5-13-19(16,17)10-4-3-9(7-11)12-8-10/h3-4,8,13H,2,5-7,11H2,1H3. The molecule has 0 aliphatic heterocycles. The Morgan fingerprint density at radius 3 is 2.42 bits per heavy atom. The van der Waals surface area contributed by atoms with Crippen LogP contribution in [0.3, 0.4) is 0 Å². The second-order valence-corrected chi connectivity index (χ2v) is 8.10. The predicted octanol–water partition coefficient (Wildman–Crippen LogP) is -0.747. The molecule has 1 rings (SSSR count). The van der Waals surface area contributed by atoms with E-state index in [0.717, 1.165) is 6.26 Å². The second-order valence-electron chi connectivity index (χ2n) is 4.07. The zero-order chi connectivity index (χ0) is 14.5. The van der Waals surface area contributed by atoms with E-state index in [0.29, 0.717) is 5.69 Å².